The molecule has 0 spiro atoms. The van der Waals surface area contributed by atoms with Gasteiger partial charge in [0.2, 0.25) is 0 Å². The molecule has 0 aliphatic heterocycles. The van der Waals surface area contributed by atoms with E-state index in [1.807, 2.05) is 12.1 Å². The first kappa shape index (κ1) is 40.4. The third kappa shape index (κ3) is 13.0. The molecule has 0 aliphatic rings. The molecule has 0 saturated carbocycles. The summed E-state index contributed by atoms with van der Waals surface area (Å²) in [5.41, 5.74) is 0.359. The lowest BCUT2D eigenvalue weighted by Crippen LogP contribution is -2.18. The molecule has 0 saturated heterocycles. The van der Waals surface area contributed by atoms with Crippen molar-refractivity contribution < 1.29 is 51.0 Å². The number of halogens is 4. The van der Waals surface area contributed by atoms with Crippen LogP contribution in [0.25, 0.3) is 0 Å². The molecular formula is C38H33F4NO7P3+. The minimum atomic E-state index is -3.95. The van der Waals surface area contributed by atoms with E-state index in [-0.39, 0.29) is 12.6 Å². The van der Waals surface area contributed by atoms with Crippen molar-refractivity contribution in [3.63, 3.8) is 0 Å². The highest BCUT2D eigenvalue weighted by Crippen LogP contribution is 2.59. The first-order valence-electron chi connectivity index (χ1n) is 15.4. The largest absolute Gasteiger partial charge is 0.805 e. The molecule has 6 aromatic carbocycles. The molecule has 274 valence electrons. The zero-order chi connectivity index (χ0) is 38.1. The number of aldehydes is 1. The van der Waals surface area contributed by atoms with Crippen molar-refractivity contribution >= 4 is 31.5 Å². The molecule has 0 amide bonds. The van der Waals surface area contributed by atoms with Crippen molar-refractivity contribution in [3.05, 3.63) is 192 Å². The average molecular weight is 785 g/mol. The second-order valence-corrected chi connectivity index (χ2v) is 13.5. The van der Waals surface area contributed by atoms with Crippen LogP contribution in [0.15, 0.2) is 158 Å². The number of hydrogen-bond donors (Lipinski definition) is 1. The van der Waals surface area contributed by atoms with Gasteiger partial charge in [-0.05, 0) is 84.4 Å². The lowest BCUT2D eigenvalue weighted by Gasteiger charge is -2.27. The molecule has 1 N–H and O–H groups in total. The maximum absolute atomic E-state index is 13.7. The standard InChI is InChI=1S/C19H17F2NO3P2.C12H10O3P.C7H4F2O.H2/c20-17-12-11-14(13-18(17)21)19(22-26)27(23,24-15-7-3-1-4-8-15)25-16-9-5-2-6-10-16;13-16(14-11-7-3-1-4-8-11)15-12-9-5-2-6-10-12;8-6-2-1-5(4-10)3-7(6)9;/h1-13,19,22H,26H2;1-10H;1-4H;1H/q;+1;;. The minimum Gasteiger partial charge on any atom is -0.415 e. The Morgan fingerprint density at radius 1 is 0.585 bits per heavy atom. The summed E-state index contributed by atoms with van der Waals surface area (Å²) in [6.45, 7) is 0. The Kier molecular flexibility index (Phi) is 15.7. The summed E-state index contributed by atoms with van der Waals surface area (Å²) in [6, 6.07) is 41.1. The molecule has 6 aromatic rings. The van der Waals surface area contributed by atoms with Crippen LogP contribution < -0.4 is 23.2 Å². The normalized spacial score (nSPS) is 11.0. The lowest BCUT2D eigenvalue weighted by molar-refractivity contribution is 0.112. The lowest BCUT2D eigenvalue weighted by atomic mass is 10.2. The van der Waals surface area contributed by atoms with Crippen LogP contribution in [0.4, 0.5) is 17.6 Å². The summed E-state index contributed by atoms with van der Waals surface area (Å²) in [7, 11) is -3.92. The van der Waals surface area contributed by atoms with Crippen LogP contribution in [0.2, 0.25) is 0 Å². The number of nitrogens with one attached hydrogen (secondary N) is 1. The van der Waals surface area contributed by atoms with Crippen molar-refractivity contribution in [2.75, 3.05) is 0 Å². The van der Waals surface area contributed by atoms with Gasteiger partial charge in [0, 0.05) is 11.6 Å². The van der Waals surface area contributed by atoms with Gasteiger partial charge in [-0.3, -0.25) is 9.88 Å². The van der Waals surface area contributed by atoms with Crippen LogP contribution in [-0.2, 0) is 9.13 Å². The molecule has 0 fully saturated rings. The maximum Gasteiger partial charge on any atom is 0.805 e. The van der Waals surface area contributed by atoms with Crippen LogP contribution in [0.5, 0.6) is 23.0 Å². The van der Waals surface area contributed by atoms with E-state index in [1.165, 1.54) is 12.1 Å². The minimum absolute atomic E-state index is 0. The Labute approximate surface area is 307 Å². The predicted molar refractivity (Wildman–Crippen MR) is 199 cm³/mol. The highest BCUT2D eigenvalue weighted by atomic mass is 31.2. The highest BCUT2D eigenvalue weighted by molar-refractivity contribution is 7.55. The van der Waals surface area contributed by atoms with Crippen molar-refractivity contribution in [3.8, 4) is 23.0 Å². The molecule has 0 aliphatic carbocycles. The molecule has 2 unspecified atom stereocenters. The first-order chi connectivity index (χ1) is 25.6. The van der Waals surface area contributed by atoms with Gasteiger partial charge in [0.15, 0.2) is 40.6 Å². The van der Waals surface area contributed by atoms with Gasteiger partial charge in [-0.2, -0.15) is 0 Å². The van der Waals surface area contributed by atoms with Gasteiger partial charge in [-0.25, -0.2) is 31.2 Å². The number of carbonyl (C=O) groups is 1. The van der Waals surface area contributed by atoms with Crippen molar-refractivity contribution in [2.45, 2.75) is 5.78 Å². The Bertz CT molecular complexity index is 2020. The van der Waals surface area contributed by atoms with Gasteiger partial charge in [0.25, 0.3) is 0 Å². The molecule has 15 heteroatoms. The SMILES string of the molecule is O=Cc1ccc(F)c(F)c1.O=P(Oc1ccccc1)(Oc1ccccc1)C(NP)c1ccc(F)c(F)c1.O=[P+](Oc1ccccc1)Oc1ccccc1.[HH]. The maximum atomic E-state index is 13.7. The smallest absolute Gasteiger partial charge is 0.415 e. The molecule has 0 aromatic heterocycles. The molecular weight excluding hydrogens is 751 g/mol. The van der Waals surface area contributed by atoms with Gasteiger partial charge in [0.05, 0.1) is 0 Å². The zero-order valence-corrected chi connectivity index (χ0v) is 30.5. The third-order valence-corrected chi connectivity index (χ3v) is 9.96. The number of hydrogen-bond acceptors (Lipinski definition) is 8. The third-order valence-electron chi connectivity index (χ3n) is 6.61. The van der Waals surface area contributed by atoms with E-state index in [1.54, 1.807) is 109 Å². The predicted octanol–water partition coefficient (Wildman–Crippen LogP) is 11.5. The van der Waals surface area contributed by atoms with E-state index in [9.17, 15) is 31.5 Å². The van der Waals surface area contributed by atoms with Gasteiger partial charge >= 0.3 is 15.9 Å². The number of benzene rings is 6. The van der Waals surface area contributed by atoms with Crippen LogP contribution in [0.1, 0.15) is 23.1 Å². The second kappa shape index (κ2) is 20.6. The van der Waals surface area contributed by atoms with Crippen LogP contribution in [0.3, 0.4) is 0 Å². The van der Waals surface area contributed by atoms with Gasteiger partial charge in [0.1, 0.15) is 17.8 Å². The quantitative estimate of drug-likeness (QED) is 0.0744. The zero-order valence-electron chi connectivity index (χ0n) is 27.5. The summed E-state index contributed by atoms with van der Waals surface area (Å²) in [5, 5.41) is 2.76. The van der Waals surface area contributed by atoms with E-state index >= 15 is 0 Å². The molecule has 0 radical (unpaired) electrons. The van der Waals surface area contributed by atoms with Gasteiger partial charge < -0.3 is 9.05 Å². The highest BCUT2D eigenvalue weighted by Gasteiger charge is 2.40. The van der Waals surface area contributed by atoms with Crippen LogP contribution >= 0.6 is 25.2 Å². The van der Waals surface area contributed by atoms with Crippen LogP contribution in [0, 0.1) is 23.3 Å². The summed E-state index contributed by atoms with van der Waals surface area (Å²) < 4.78 is 98.3. The summed E-state index contributed by atoms with van der Waals surface area (Å²) in [5.74, 6) is -3.34. The Morgan fingerprint density at radius 2 is 0.981 bits per heavy atom. The average Bonchev–Trinajstić information content (AvgIpc) is 3.16. The van der Waals surface area contributed by atoms with E-state index in [2.05, 4.69) is 14.5 Å². The summed E-state index contributed by atoms with van der Waals surface area (Å²) >= 11 is 0. The van der Waals surface area contributed by atoms with Crippen molar-refractivity contribution in [1.82, 2.24) is 5.09 Å². The first-order valence-corrected chi connectivity index (χ1v) is 18.7. The Balaban J connectivity index is 0.000000245. The fraction of sp³-hybridized carbons (Fsp3) is 0.0263. The Morgan fingerprint density at radius 3 is 1.36 bits per heavy atom. The number of carbonyl (C=O) groups excluding carboxylic acids is 1. The summed E-state index contributed by atoms with van der Waals surface area (Å²) in [4.78, 5) is 9.98. The van der Waals surface area contributed by atoms with Crippen molar-refractivity contribution in [2.24, 2.45) is 0 Å². The molecule has 53 heavy (non-hydrogen) atoms. The van der Waals surface area contributed by atoms with E-state index < -0.39 is 44.9 Å². The summed E-state index contributed by atoms with van der Waals surface area (Å²) in [6.07, 6.45) is 0.461. The monoisotopic (exact) mass is 784 g/mol. The van der Waals surface area contributed by atoms with Crippen LogP contribution in [-0.4, -0.2) is 6.29 Å². The Hall–Kier alpha value is -5.37. The molecule has 0 bridgehead atoms. The number of rotatable bonds is 12. The van der Waals surface area contributed by atoms with E-state index in [0.717, 1.165) is 24.3 Å². The molecule has 8 nitrogen and oxygen atoms in total. The second-order valence-electron chi connectivity index (χ2n) is 10.4. The number of para-hydroxylation sites is 4. The van der Waals surface area contributed by atoms with Gasteiger partial charge in [-0.1, -0.05) is 88.3 Å². The topological polar surface area (TPSA) is 100 Å². The van der Waals surface area contributed by atoms with E-state index in [0.29, 0.717) is 29.3 Å². The molecule has 0 heterocycles. The van der Waals surface area contributed by atoms with E-state index in [4.69, 9.17) is 18.1 Å². The van der Waals surface area contributed by atoms with Crippen molar-refractivity contribution in [1.29, 1.82) is 0 Å². The molecule has 6 rings (SSSR count). The van der Waals surface area contributed by atoms with Gasteiger partial charge in [-0.15, -0.1) is 0 Å². The fourth-order valence-electron chi connectivity index (χ4n) is 4.17. The fourth-order valence-corrected chi connectivity index (χ4v) is 7.32. The molecule has 2 atom stereocenters.